The standard InChI is InChI=1S/C8H12O2/c1-4-5-10-8(9)6-7(2)3/h4,6H,1,5H2,2-3H3. The molecule has 0 rings (SSSR count). The molecule has 0 N–H and O–H groups in total. The third kappa shape index (κ3) is 5.09. The molecule has 0 atom stereocenters. The van der Waals surface area contributed by atoms with Crippen molar-refractivity contribution in [2.45, 2.75) is 13.8 Å². The van der Waals surface area contributed by atoms with Gasteiger partial charge in [0.25, 0.3) is 0 Å². The van der Waals surface area contributed by atoms with Crippen molar-refractivity contribution in [3.05, 3.63) is 24.3 Å². The minimum Gasteiger partial charge on any atom is -0.458 e. The van der Waals surface area contributed by atoms with E-state index < -0.39 is 0 Å². The van der Waals surface area contributed by atoms with Gasteiger partial charge in [0.15, 0.2) is 0 Å². The van der Waals surface area contributed by atoms with E-state index in [2.05, 4.69) is 11.3 Å². The van der Waals surface area contributed by atoms with Gasteiger partial charge < -0.3 is 4.74 Å². The third-order valence-corrected chi connectivity index (χ3v) is 0.750. The maximum atomic E-state index is 10.7. The summed E-state index contributed by atoms with van der Waals surface area (Å²) in [7, 11) is 0. The van der Waals surface area contributed by atoms with Crippen molar-refractivity contribution in [1.82, 2.24) is 0 Å². The van der Waals surface area contributed by atoms with Gasteiger partial charge in [0, 0.05) is 6.08 Å². The Balaban J connectivity index is 3.64. The van der Waals surface area contributed by atoms with Crippen LogP contribution in [-0.4, -0.2) is 12.6 Å². The Morgan fingerprint density at radius 1 is 1.60 bits per heavy atom. The summed E-state index contributed by atoms with van der Waals surface area (Å²) in [5.41, 5.74) is 0.939. The number of hydrogen-bond acceptors (Lipinski definition) is 2. The monoisotopic (exact) mass is 140 g/mol. The van der Waals surface area contributed by atoms with Gasteiger partial charge in [-0.1, -0.05) is 18.2 Å². The summed E-state index contributed by atoms with van der Waals surface area (Å²) in [4.78, 5) is 10.7. The summed E-state index contributed by atoms with van der Waals surface area (Å²) in [5.74, 6) is -0.306. The molecule has 0 aromatic heterocycles. The van der Waals surface area contributed by atoms with E-state index >= 15 is 0 Å². The highest BCUT2D eigenvalue weighted by atomic mass is 16.5. The molecule has 0 unspecified atom stereocenters. The molecule has 0 aliphatic rings. The van der Waals surface area contributed by atoms with Gasteiger partial charge >= 0.3 is 5.97 Å². The van der Waals surface area contributed by atoms with Crippen LogP contribution in [0.5, 0.6) is 0 Å². The van der Waals surface area contributed by atoms with Crippen molar-refractivity contribution in [2.24, 2.45) is 0 Å². The van der Waals surface area contributed by atoms with Crippen LogP contribution < -0.4 is 0 Å². The molecule has 2 heteroatoms. The molecule has 0 aliphatic carbocycles. The molecule has 0 amide bonds. The number of hydrogen-bond donors (Lipinski definition) is 0. The van der Waals surface area contributed by atoms with Gasteiger partial charge in [0.05, 0.1) is 0 Å². The number of esters is 1. The van der Waals surface area contributed by atoms with Crippen LogP contribution in [0.2, 0.25) is 0 Å². The number of rotatable bonds is 3. The minimum absolute atomic E-state index is 0.280. The molecule has 0 aromatic carbocycles. The summed E-state index contributed by atoms with van der Waals surface area (Å²) in [6.07, 6.45) is 2.99. The largest absolute Gasteiger partial charge is 0.458 e. The Bertz CT molecular complexity index is 153. The van der Waals surface area contributed by atoms with Crippen molar-refractivity contribution in [2.75, 3.05) is 6.61 Å². The Morgan fingerprint density at radius 2 is 2.20 bits per heavy atom. The zero-order chi connectivity index (χ0) is 7.98. The molecule has 10 heavy (non-hydrogen) atoms. The molecule has 0 saturated carbocycles. The fourth-order valence-corrected chi connectivity index (χ4v) is 0.418. The van der Waals surface area contributed by atoms with Crippen LogP contribution >= 0.6 is 0 Å². The molecule has 0 fully saturated rings. The first-order valence-electron chi connectivity index (χ1n) is 3.09. The quantitative estimate of drug-likeness (QED) is 0.338. The Labute approximate surface area is 61.2 Å². The molecule has 0 spiro atoms. The van der Waals surface area contributed by atoms with Gasteiger partial charge in [-0.25, -0.2) is 4.79 Å². The third-order valence-electron chi connectivity index (χ3n) is 0.750. The van der Waals surface area contributed by atoms with Crippen LogP contribution in [0, 0.1) is 0 Å². The molecular formula is C8H12O2. The zero-order valence-electron chi connectivity index (χ0n) is 6.39. The van der Waals surface area contributed by atoms with E-state index in [1.807, 2.05) is 13.8 Å². The molecule has 0 aliphatic heterocycles. The second kappa shape index (κ2) is 4.79. The first kappa shape index (κ1) is 8.95. The van der Waals surface area contributed by atoms with Gasteiger partial charge in [0.2, 0.25) is 0 Å². The van der Waals surface area contributed by atoms with E-state index in [-0.39, 0.29) is 12.6 Å². The van der Waals surface area contributed by atoms with Gasteiger partial charge in [-0.05, 0) is 13.8 Å². The van der Waals surface area contributed by atoms with Crippen molar-refractivity contribution < 1.29 is 9.53 Å². The SMILES string of the molecule is C=CCOC(=O)C=C(C)C. The summed E-state index contributed by atoms with van der Waals surface area (Å²) in [5, 5.41) is 0. The van der Waals surface area contributed by atoms with E-state index in [4.69, 9.17) is 0 Å². The highest BCUT2D eigenvalue weighted by Crippen LogP contribution is 1.90. The molecule has 0 radical (unpaired) electrons. The zero-order valence-corrected chi connectivity index (χ0v) is 6.39. The summed E-state index contributed by atoms with van der Waals surface area (Å²) in [6.45, 7) is 7.38. The summed E-state index contributed by atoms with van der Waals surface area (Å²) >= 11 is 0. The second-order valence-corrected chi connectivity index (χ2v) is 2.14. The fraction of sp³-hybridized carbons (Fsp3) is 0.375. The Morgan fingerprint density at radius 3 is 2.60 bits per heavy atom. The van der Waals surface area contributed by atoms with E-state index in [9.17, 15) is 4.79 Å². The van der Waals surface area contributed by atoms with Gasteiger partial charge in [-0.3, -0.25) is 0 Å². The molecule has 0 heterocycles. The average Bonchev–Trinajstić information content (AvgIpc) is 1.82. The van der Waals surface area contributed by atoms with Gasteiger partial charge in [0.1, 0.15) is 6.61 Å². The summed E-state index contributed by atoms with van der Waals surface area (Å²) in [6, 6.07) is 0. The van der Waals surface area contributed by atoms with Gasteiger partial charge in [-0.2, -0.15) is 0 Å². The van der Waals surface area contributed by atoms with E-state index in [0.29, 0.717) is 0 Å². The van der Waals surface area contributed by atoms with Crippen molar-refractivity contribution >= 4 is 5.97 Å². The fourth-order valence-electron chi connectivity index (χ4n) is 0.418. The van der Waals surface area contributed by atoms with Crippen molar-refractivity contribution in [3.8, 4) is 0 Å². The lowest BCUT2D eigenvalue weighted by atomic mass is 10.3. The van der Waals surface area contributed by atoms with Crippen LogP contribution in [0.3, 0.4) is 0 Å². The van der Waals surface area contributed by atoms with E-state index in [0.717, 1.165) is 5.57 Å². The van der Waals surface area contributed by atoms with Gasteiger partial charge in [-0.15, -0.1) is 0 Å². The number of allylic oxidation sites excluding steroid dienone is 1. The second-order valence-electron chi connectivity index (χ2n) is 2.14. The highest BCUT2D eigenvalue weighted by Gasteiger charge is 1.93. The lowest BCUT2D eigenvalue weighted by Gasteiger charge is -1.95. The molecule has 0 bridgehead atoms. The van der Waals surface area contributed by atoms with Crippen molar-refractivity contribution in [3.63, 3.8) is 0 Å². The molecule has 2 nitrogen and oxygen atoms in total. The number of carbonyl (C=O) groups excluding carboxylic acids is 1. The van der Waals surface area contributed by atoms with Crippen LogP contribution in [-0.2, 0) is 9.53 Å². The number of ether oxygens (including phenoxy) is 1. The lowest BCUT2D eigenvalue weighted by molar-refractivity contribution is -0.136. The van der Waals surface area contributed by atoms with E-state index in [1.54, 1.807) is 0 Å². The molecule has 0 aromatic rings. The normalized spacial score (nSPS) is 8.20. The van der Waals surface area contributed by atoms with E-state index in [1.165, 1.54) is 12.2 Å². The molecule has 56 valence electrons. The average molecular weight is 140 g/mol. The first-order valence-corrected chi connectivity index (χ1v) is 3.09. The Hall–Kier alpha value is -1.05. The minimum atomic E-state index is -0.306. The van der Waals surface area contributed by atoms with Crippen LogP contribution in [0.25, 0.3) is 0 Å². The highest BCUT2D eigenvalue weighted by molar-refractivity contribution is 5.82. The maximum Gasteiger partial charge on any atom is 0.330 e. The smallest absolute Gasteiger partial charge is 0.330 e. The Kier molecular flexibility index (Phi) is 4.29. The topological polar surface area (TPSA) is 26.3 Å². The molecule has 0 saturated heterocycles. The van der Waals surface area contributed by atoms with Crippen LogP contribution in [0.1, 0.15) is 13.8 Å². The predicted octanol–water partition coefficient (Wildman–Crippen LogP) is 1.68. The first-order chi connectivity index (χ1) is 4.66. The molecular weight excluding hydrogens is 128 g/mol. The summed E-state index contributed by atoms with van der Waals surface area (Å²) < 4.78 is 4.67. The lowest BCUT2D eigenvalue weighted by Crippen LogP contribution is -2.00. The van der Waals surface area contributed by atoms with Crippen molar-refractivity contribution in [1.29, 1.82) is 0 Å². The van der Waals surface area contributed by atoms with Crippen LogP contribution in [0.15, 0.2) is 24.3 Å². The predicted molar refractivity (Wildman–Crippen MR) is 40.6 cm³/mol. The maximum absolute atomic E-state index is 10.7. The van der Waals surface area contributed by atoms with Crippen LogP contribution in [0.4, 0.5) is 0 Å². The number of carbonyl (C=O) groups is 1.